The number of rotatable bonds is 4. The van der Waals surface area contributed by atoms with E-state index in [9.17, 15) is 14.4 Å². The van der Waals surface area contributed by atoms with Gasteiger partial charge in [-0.3, -0.25) is 19.3 Å². The molecule has 0 saturated carbocycles. The highest BCUT2D eigenvalue weighted by molar-refractivity contribution is 6.30. The minimum Gasteiger partial charge on any atom is -0.482 e. The van der Waals surface area contributed by atoms with Gasteiger partial charge in [-0.1, -0.05) is 17.7 Å². The Morgan fingerprint density at radius 3 is 2.50 bits per heavy atom. The van der Waals surface area contributed by atoms with Gasteiger partial charge in [0.1, 0.15) is 12.3 Å². The lowest BCUT2D eigenvalue weighted by molar-refractivity contribution is -0.132. The molecule has 0 radical (unpaired) electrons. The summed E-state index contributed by atoms with van der Waals surface area (Å²) in [5.74, 6) is -0.146. The number of ether oxygens (including phenoxy) is 1. The first kappa shape index (κ1) is 22.0. The number of anilines is 2. The normalized spacial score (nSPS) is 15.8. The van der Waals surface area contributed by atoms with Crippen LogP contribution in [-0.4, -0.2) is 80.9 Å². The summed E-state index contributed by atoms with van der Waals surface area (Å²) in [5, 5.41) is 0.678. The quantitative estimate of drug-likeness (QED) is 0.704. The number of amides is 3. The predicted octanol–water partition coefficient (Wildman–Crippen LogP) is 2.12. The second kappa shape index (κ2) is 9.08. The average molecular weight is 457 g/mol. The fourth-order valence-electron chi connectivity index (χ4n) is 3.89. The van der Waals surface area contributed by atoms with Gasteiger partial charge >= 0.3 is 0 Å². The zero-order valence-corrected chi connectivity index (χ0v) is 18.8. The molecule has 2 aromatic rings. The topological polar surface area (TPSA) is 73.4 Å². The van der Waals surface area contributed by atoms with Crippen molar-refractivity contribution in [2.45, 2.75) is 0 Å². The minimum atomic E-state index is -0.308. The highest BCUT2D eigenvalue weighted by Crippen LogP contribution is 2.33. The highest BCUT2D eigenvalue weighted by atomic mass is 35.5. The van der Waals surface area contributed by atoms with E-state index >= 15 is 0 Å². The van der Waals surface area contributed by atoms with E-state index in [4.69, 9.17) is 16.3 Å². The van der Waals surface area contributed by atoms with E-state index in [1.807, 2.05) is 24.3 Å². The first-order chi connectivity index (χ1) is 15.3. The standard InChI is InChI=1S/C23H25ClN4O4/c1-25(2)23(31)16-6-7-20-19(12-16)28(22(30)15-32-20)14-21(29)27-10-8-26(9-11-27)18-5-3-4-17(24)13-18/h3-7,12-13H,8-11,14-15H2,1-2H3. The van der Waals surface area contributed by atoms with Gasteiger partial charge < -0.3 is 19.4 Å². The van der Waals surface area contributed by atoms with E-state index in [0.29, 0.717) is 48.2 Å². The SMILES string of the molecule is CN(C)C(=O)c1ccc2c(c1)N(CC(=O)N1CCN(c3cccc(Cl)c3)CC1)C(=O)CO2. The van der Waals surface area contributed by atoms with Crippen LogP contribution in [-0.2, 0) is 9.59 Å². The van der Waals surface area contributed by atoms with Crippen molar-refractivity contribution in [2.75, 3.05) is 63.2 Å². The molecule has 8 nitrogen and oxygen atoms in total. The Morgan fingerprint density at radius 1 is 1.06 bits per heavy atom. The summed E-state index contributed by atoms with van der Waals surface area (Å²) in [5.41, 5.74) is 1.90. The van der Waals surface area contributed by atoms with Crippen molar-refractivity contribution in [3.05, 3.63) is 53.1 Å². The van der Waals surface area contributed by atoms with Gasteiger partial charge in [0.15, 0.2) is 6.61 Å². The average Bonchev–Trinajstić information content (AvgIpc) is 2.80. The molecular weight excluding hydrogens is 432 g/mol. The highest BCUT2D eigenvalue weighted by Gasteiger charge is 2.31. The fraction of sp³-hybridized carbons (Fsp3) is 0.348. The molecule has 2 aliphatic heterocycles. The molecule has 0 atom stereocenters. The summed E-state index contributed by atoms with van der Waals surface area (Å²) < 4.78 is 5.50. The van der Waals surface area contributed by atoms with Crippen LogP contribution < -0.4 is 14.5 Å². The Kier molecular flexibility index (Phi) is 6.23. The zero-order valence-electron chi connectivity index (χ0n) is 18.1. The Balaban J connectivity index is 1.45. The summed E-state index contributed by atoms with van der Waals surface area (Å²) in [6.45, 7) is 2.24. The minimum absolute atomic E-state index is 0.0913. The van der Waals surface area contributed by atoms with Gasteiger partial charge in [0.25, 0.3) is 11.8 Å². The van der Waals surface area contributed by atoms with Crippen LogP contribution in [0.2, 0.25) is 5.02 Å². The number of hydrogen-bond donors (Lipinski definition) is 0. The van der Waals surface area contributed by atoms with Crippen LogP contribution in [0.3, 0.4) is 0 Å². The Hall–Kier alpha value is -3.26. The smallest absolute Gasteiger partial charge is 0.265 e. The van der Waals surface area contributed by atoms with Crippen LogP contribution in [0.4, 0.5) is 11.4 Å². The van der Waals surface area contributed by atoms with Crippen molar-refractivity contribution < 1.29 is 19.1 Å². The maximum atomic E-state index is 13.0. The molecular formula is C23H25ClN4O4. The molecule has 2 heterocycles. The number of piperazine rings is 1. The lowest BCUT2D eigenvalue weighted by atomic mass is 10.1. The molecule has 0 unspecified atom stereocenters. The molecule has 0 N–H and O–H groups in total. The molecule has 2 aromatic carbocycles. The summed E-state index contributed by atoms with van der Waals surface area (Å²) in [6.07, 6.45) is 0. The first-order valence-electron chi connectivity index (χ1n) is 10.4. The van der Waals surface area contributed by atoms with Crippen LogP contribution >= 0.6 is 11.6 Å². The van der Waals surface area contributed by atoms with Gasteiger partial charge in [-0.25, -0.2) is 0 Å². The van der Waals surface area contributed by atoms with Crippen LogP contribution in [0.25, 0.3) is 0 Å². The van der Waals surface area contributed by atoms with Gasteiger partial charge in [-0.05, 0) is 36.4 Å². The van der Waals surface area contributed by atoms with Crippen LogP contribution in [0, 0.1) is 0 Å². The zero-order chi connectivity index (χ0) is 22.8. The van der Waals surface area contributed by atoms with Gasteiger partial charge in [-0.2, -0.15) is 0 Å². The number of halogens is 1. The van der Waals surface area contributed by atoms with Gasteiger partial charge in [0, 0.05) is 56.5 Å². The van der Waals surface area contributed by atoms with Crippen LogP contribution in [0.1, 0.15) is 10.4 Å². The molecule has 0 aliphatic carbocycles. The molecule has 0 spiro atoms. The molecule has 3 amide bonds. The van der Waals surface area contributed by atoms with Gasteiger partial charge in [0.2, 0.25) is 5.91 Å². The van der Waals surface area contributed by atoms with E-state index < -0.39 is 0 Å². The second-order valence-electron chi connectivity index (χ2n) is 8.00. The summed E-state index contributed by atoms with van der Waals surface area (Å²) >= 11 is 6.09. The molecule has 168 valence electrons. The van der Waals surface area contributed by atoms with Gasteiger partial charge in [-0.15, -0.1) is 0 Å². The molecule has 32 heavy (non-hydrogen) atoms. The second-order valence-corrected chi connectivity index (χ2v) is 8.43. The monoisotopic (exact) mass is 456 g/mol. The van der Waals surface area contributed by atoms with E-state index in [2.05, 4.69) is 4.90 Å². The summed E-state index contributed by atoms with van der Waals surface area (Å²) in [4.78, 5) is 44.8. The Labute approximate surface area is 191 Å². The molecule has 1 fully saturated rings. The number of nitrogens with zero attached hydrogens (tertiary/aromatic N) is 4. The lowest BCUT2D eigenvalue weighted by Gasteiger charge is -2.37. The largest absolute Gasteiger partial charge is 0.482 e. The van der Waals surface area contributed by atoms with Crippen molar-refractivity contribution in [3.63, 3.8) is 0 Å². The summed E-state index contributed by atoms with van der Waals surface area (Å²) in [6, 6.07) is 12.6. The maximum absolute atomic E-state index is 13.0. The molecule has 0 bridgehead atoms. The summed E-state index contributed by atoms with van der Waals surface area (Å²) in [7, 11) is 3.32. The van der Waals surface area contributed by atoms with E-state index in [0.717, 1.165) is 5.69 Å². The van der Waals surface area contributed by atoms with Crippen molar-refractivity contribution in [3.8, 4) is 5.75 Å². The maximum Gasteiger partial charge on any atom is 0.265 e. The van der Waals surface area contributed by atoms with E-state index in [1.54, 1.807) is 37.2 Å². The van der Waals surface area contributed by atoms with Gasteiger partial charge in [0.05, 0.1) is 5.69 Å². The lowest BCUT2D eigenvalue weighted by Crippen LogP contribution is -2.53. The number of carbonyl (C=O) groups is 3. The van der Waals surface area contributed by atoms with E-state index in [1.165, 1.54) is 9.80 Å². The third-order valence-electron chi connectivity index (χ3n) is 5.65. The van der Waals surface area contributed by atoms with Crippen molar-refractivity contribution in [2.24, 2.45) is 0 Å². The number of carbonyl (C=O) groups excluding carboxylic acids is 3. The van der Waals surface area contributed by atoms with Crippen LogP contribution in [0.5, 0.6) is 5.75 Å². The Bertz CT molecular complexity index is 1050. The Morgan fingerprint density at radius 2 is 1.81 bits per heavy atom. The van der Waals surface area contributed by atoms with Crippen LogP contribution in [0.15, 0.2) is 42.5 Å². The van der Waals surface area contributed by atoms with Crippen molar-refractivity contribution >= 4 is 40.7 Å². The van der Waals surface area contributed by atoms with Crippen molar-refractivity contribution in [1.82, 2.24) is 9.80 Å². The molecule has 9 heteroatoms. The predicted molar refractivity (Wildman–Crippen MR) is 123 cm³/mol. The fourth-order valence-corrected chi connectivity index (χ4v) is 4.07. The molecule has 2 aliphatic rings. The molecule has 1 saturated heterocycles. The van der Waals surface area contributed by atoms with E-state index in [-0.39, 0.29) is 30.9 Å². The molecule has 0 aromatic heterocycles. The number of fused-ring (bicyclic) bond motifs is 1. The molecule has 4 rings (SSSR count). The first-order valence-corrected chi connectivity index (χ1v) is 10.8. The number of benzene rings is 2. The van der Waals surface area contributed by atoms with Crippen molar-refractivity contribution in [1.29, 1.82) is 0 Å². The third kappa shape index (κ3) is 4.50. The third-order valence-corrected chi connectivity index (χ3v) is 5.89. The number of hydrogen-bond acceptors (Lipinski definition) is 5.